The van der Waals surface area contributed by atoms with Crippen molar-refractivity contribution in [2.24, 2.45) is 0 Å². The molecule has 1 aliphatic rings. The molecule has 0 aliphatic carbocycles. The quantitative estimate of drug-likeness (QED) is 0.0358. The van der Waals surface area contributed by atoms with Gasteiger partial charge >= 0.3 is 169 Å². The van der Waals surface area contributed by atoms with Gasteiger partial charge < -0.3 is 5.53 Å². The number of hydrogen-bond donors (Lipinski definition) is 0. The van der Waals surface area contributed by atoms with Crippen LogP contribution >= 0.6 is 0 Å². The molecule has 0 N–H and O–H groups in total. The Balaban J connectivity index is 0.000000791. The van der Waals surface area contributed by atoms with Gasteiger partial charge in [-0.2, -0.15) is 0 Å². The first-order valence-corrected chi connectivity index (χ1v) is 55.8. The number of nitrogens with zero attached hydrogens (tertiary/aromatic N) is 2. The average molecular weight is 1690 g/mol. The number of unbranched alkanes of at least 4 members (excludes halogenated alkanes) is 72. The zero-order valence-corrected chi connectivity index (χ0v) is 81.5. The van der Waals surface area contributed by atoms with Crippen LogP contribution in [0.25, 0.3) is 16.9 Å². The normalized spacial score (nSPS) is 12.5. The molecule has 1 heterocycles. The van der Waals surface area contributed by atoms with E-state index in [9.17, 15) is 5.53 Å². The summed E-state index contributed by atoms with van der Waals surface area (Å²) in [7, 11) is 0. The van der Waals surface area contributed by atoms with Crippen LogP contribution in [0, 0.1) is 0 Å². The molecular formula is C112H206N2Pd. The maximum absolute atomic E-state index is 12.7. The fraction of sp³-hybridized carbons (Fsp3) is 0.857. The Morgan fingerprint density at radius 3 is 0.504 bits per heavy atom. The van der Waals surface area contributed by atoms with Crippen molar-refractivity contribution < 1.29 is 22.7 Å². The van der Waals surface area contributed by atoms with Crippen molar-refractivity contribution in [1.29, 1.82) is 0 Å². The van der Waals surface area contributed by atoms with E-state index in [1.807, 2.05) is 0 Å². The van der Waals surface area contributed by atoms with Crippen LogP contribution in [-0.2, 0) is 43.7 Å². The van der Waals surface area contributed by atoms with Crippen LogP contribution < -0.4 is 0 Å². The minimum absolute atomic E-state index is 1.03. The Morgan fingerprint density at radius 2 is 0.322 bits per heavy atom. The molecule has 0 saturated carbocycles. The SMILES string of the molecule is CCCCCCCCCCCCCCCCCCCCCCCCC1=C(c2cc(CCCC)cc(CCCC)c2)[N+](=[N-])C(c2cc(CCCC)cc(CCCC)c2)=C1CCCC.CCCCCCCCCCCCCCCCCCCCCCCCC[CH2][Pd][CH2]CCCCCCCCCCCCCCCCCCCCCCCCC. The fourth-order valence-corrected chi connectivity index (χ4v) is 20.2. The van der Waals surface area contributed by atoms with Crippen LogP contribution in [0.5, 0.6) is 0 Å². The van der Waals surface area contributed by atoms with Crippen molar-refractivity contribution in [3.63, 3.8) is 0 Å². The van der Waals surface area contributed by atoms with Crippen molar-refractivity contribution in [3.8, 4) is 0 Å². The van der Waals surface area contributed by atoms with Gasteiger partial charge in [0.25, 0.3) is 0 Å². The number of aryl methyl sites for hydroxylation is 4. The summed E-state index contributed by atoms with van der Waals surface area (Å²) in [6.45, 7) is 18.5. The third-order valence-electron chi connectivity index (χ3n) is 26.0. The number of benzene rings is 2. The van der Waals surface area contributed by atoms with E-state index in [2.05, 4.69) is 91.8 Å². The molecule has 0 amide bonds. The van der Waals surface area contributed by atoms with Crippen molar-refractivity contribution in [2.45, 2.75) is 617 Å². The topological polar surface area (TPSA) is 25.3 Å². The fourth-order valence-electron chi connectivity index (χ4n) is 18.3. The predicted octanol–water partition coefficient (Wildman–Crippen LogP) is 41.1. The average Bonchev–Trinajstić information content (AvgIpc) is 1.60. The number of hydrogen-bond acceptors (Lipinski definition) is 0. The molecule has 0 aromatic heterocycles. The van der Waals surface area contributed by atoms with Gasteiger partial charge in [-0.3, -0.25) is 0 Å². The zero-order valence-electron chi connectivity index (χ0n) is 79.9. The van der Waals surface area contributed by atoms with Gasteiger partial charge in [0, 0.05) is 22.3 Å². The van der Waals surface area contributed by atoms with Gasteiger partial charge in [-0.1, -0.05) is 401 Å². The van der Waals surface area contributed by atoms with E-state index in [4.69, 9.17) is 0 Å². The molecule has 2 aromatic rings. The molecule has 115 heavy (non-hydrogen) atoms. The summed E-state index contributed by atoms with van der Waals surface area (Å²) in [4.78, 5) is 3.10. The van der Waals surface area contributed by atoms with Crippen LogP contribution in [0.3, 0.4) is 0 Å². The summed E-state index contributed by atoms with van der Waals surface area (Å²) in [5.74, 6) is 0. The van der Waals surface area contributed by atoms with Gasteiger partial charge in [0.15, 0.2) is 0 Å². The third kappa shape index (κ3) is 65.5. The summed E-state index contributed by atoms with van der Waals surface area (Å²) >= 11 is 1.06. The first-order valence-electron chi connectivity index (χ1n) is 53.6. The molecule has 0 bridgehead atoms. The smallest absolute Gasteiger partial charge is 0.0654 e. The molecule has 0 saturated heterocycles. The number of allylic oxidation sites excluding steroid dienone is 2. The van der Waals surface area contributed by atoms with Gasteiger partial charge in [-0.05, 0) is 124 Å². The van der Waals surface area contributed by atoms with Gasteiger partial charge in [-0.15, -0.1) is 0 Å². The minimum Gasteiger partial charge on any atom is -0.0654 e. The molecule has 3 heteroatoms. The Morgan fingerprint density at radius 1 is 0.174 bits per heavy atom. The molecule has 2 nitrogen and oxygen atoms in total. The third-order valence-corrected chi connectivity index (χ3v) is 28.2. The van der Waals surface area contributed by atoms with E-state index in [0.29, 0.717) is 0 Å². The second-order valence-corrected chi connectivity index (χ2v) is 39.8. The van der Waals surface area contributed by atoms with Crippen LogP contribution in [0.2, 0.25) is 9.79 Å². The molecule has 0 unspecified atom stereocenters. The second kappa shape index (κ2) is 87.1. The molecule has 0 spiro atoms. The van der Waals surface area contributed by atoms with Crippen LogP contribution in [0.15, 0.2) is 47.5 Å². The summed E-state index contributed by atoms with van der Waals surface area (Å²) in [6, 6.07) is 14.7. The standard InChI is InChI=1S/C60H100N2.2C26H53.Pd/c1-7-13-19-20-21-22-23-24-25-26-27-28-29-30-31-32-33-34-35-36-37-38-44-58-57(43-18-12-6)59(55-47-51(39-14-8-2)45-52(48-55)40-15-9-3)62(61)60(58)56-49-53(41-16-10-4)46-54(50-56)42-17-11-5;2*1-3-5-7-9-11-13-15-17-19-21-23-25-26-24-22-20-18-16-14-12-10-8-6-4-2;/h45-50H,7-44H2,1-6H3;2*1,3-26H2,2H3;. The zero-order chi connectivity index (χ0) is 82.5. The first-order chi connectivity index (χ1) is 56.9. The summed E-state index contributed by atoms with van der Waals surface area (Å²) in [6.07, 6.45) is 121. The van der Waals surface area contributed by atoms with Crippen molar-refractivity contribution in [1.82, 2.24) is 0 Å². The van der Waals surface area contributed by atoms with Crippen LogP contribution in [-0.4, -0.2) is 4.70 Å². The molecule has 1 aliphatic heterocycles. The molecule has 3 rings (SSSR count). The second-order valence-electron chi connectivity index (χ2n) is 37.5. The summed E-state index contributed by atoms with van der Waals surface area (Å²) < 4.78 is 1.68. The summed E-state index contributed by atoms with van der Waals surface area (Å²) in [5, 5.41) is 0. The van der Waals surface area contributed by atoms with Crippen molar-refractivity contribution in [2.75, 3.05) is 0 Å². The molecular weight excluding hydrogens is 1480 g/mol. The van der Waals surface area contributed by atoms with Gasteiger partial charge in [0.1, 0.15) is 0 Å². The Labute approximate surface area is 732 Å². The molecule has 0 atom stereocenters. The number of rotatable bonds is 90. The first kappa shape index (κ1) is 109. The molecule has 674 valence electrons. The van der Waals surface area contributed by atoms with Gasteiger partial charge in [0.05, 0.1) is 0 Å². The molecule has 2 aromatic carbocycles. The Bertz CT molecular complexity index is 2320. The van der Waals surface area contributed by atoms with Crippen molar-refractivity contribution in [3.05, 3.63) is 86.5 Å². The van der Waals surface area contributed by atoms with Gasteiger partial charge in [0.2, 0.25) is 11.4 Å². The van der Waals surface area contributed by atoms with E-state index in [0.717, 1.165) is 80.7 Å². The Kier molecular flexibility index (Phi) is 82.7. The van der Waals surface area contributed by atoms with E-state index >= 15 is 0 Å². The van der Waals surface area contributed by atoms with E-state index in [1.54, 1.807) is 14.5 Å². The van der Waals surface area contributed by atoms with Gasteiger partial charge in [-0.25, -0.2) is 4.70 Å². The molecule has 0 radical (unpaired) electrons. The van der Waals surface area contributed by atoms with E-state index in [-0.39, 0.29) is 0 Å². The van der Waals surface area contributed by atoms with E-state index in [1.165, 1.54) is 545 Å². The maximum atomic E-state index is 12.7. The van der Waals surface area contributed by atoms with Crippen LogP contribution in [0.4, 0.5) is 0 Å². The predicted molar refractivity (Wildman–Crippen MR) is 519 cm³/mol. The summed E-state index contributed by atoms with van der Waals surface area (Å²) in [5.41, 5.74) is 25.9. The monoisotopic (exact) mass is 1690 g/mol. The Hall–Kier alpha value is -1.82. The van der Waals surface area contributed by atoms with Crippen LogP contribution in [0.1, 0.15) is 615 Å². The molecule has 0 fully saturated rings. The minimum atomic E-state index is 1.03. The van der Waals surface area contributed by atoms with Crippen molar-refractivity contribution >= 4 is 11.4 Å². The van der Waals surface area contributed by atoms with E-state index < -0.39 is 0 Å².